The van der Waals surface area contributed by atoms with Gasteiger partial charge in [-0.15, -0.1) is 0 Å². The molecule has 0 aliphatic heterocycles. The molecule has 0 atom stereocenters. The van der Waals surface area contributed by atoms with Crippen LogP contribution in [-0.2, 0) is 22.5 Å². The second kappa shape index (κ2) is 7.65. The number of aliphatic hydroxyl groups excluding tert-OH is 1. The van der Waals surface area contributed by atoms with Crippen molar-refractivity contribution in [1.29, 1.82) is 0 Å². The van der Waals surface area contributed by atoms with E-state index in [1.54, 1.807) is 6.92 Å². The molecule has 24 heavy (non-hydrogen) atoms. The summed E-state index contributed by atoms with van der Waals surface area (Å²) in [6.07, 6.45) is -0.211. The van der Waals surface area contributed by atoms with Gasteiger partial charge in [0.1, 0.15) is 11.3 Å². The molecule has 0 spiro atoms. The summed E-state index contributed by atoms with van der Waals surface area (Å²) in [5, 5.41) is 22.5. The van der Waals surface area contributed by atoms with Crippen molar-refractivity contribution >= 4 is 28.5 Å². The third-order valence-electron chi connectivity index (χ3n) is 3.74. The summed E-state index contributed by atoms with van der Waals surface area (Å²) in [6.45, 7) is 2.06. The number of phenolic OH excluding ortho intramolecular Hbond substituents is 1. The number of aromatic hydroxyl groups is 1. The van der Waals surface area contributed by atoms with Gasteiger partial charge in [0.25, 0.3) is 0 Å². The highest BCUT2D eigenvalue weighted by Crippen LogP contribution is 2.36. The summed E-state index contributed by atoms with van der Waals surface area (Å²) in [5.74, 6) is -0.752. The number of carbonyl (C=O) groups is 1. The van der Waals surface area contributed by atoms with Gasteiger partial charge >= 0.3 is 11.6 Å². The first-order valence-corrected chi connectivity index (χ1v) is 7.63. The zero-order valence-electron chi connectivity index (χ0n) is 13.3. The van der Waals surface area contributed by atoms with Gasteiger partial charge < -0.3 is 24.7 Å². The maximum atomic E-state index is 12.2. The number of rotatable bonds is 6. The van der Waals surface area contributed by atoms with Crippen molar-refractivity contribution in [3.63, 3.8) is 0 Å². The molecule has 0 radical (unpaired) electrons. The molecule has 1 heterocycles. The van der Waals surface area contributed by atoms with Gasteiger partial charge in [0.15, 0.2) is 0 Å². The van der Waals surface area contributed by atoms with Gasteiger partial charge in [-0.25, -0.2) is 4.79 Å². The van der Waals surface area contributed by atoms with Gasteiger partial charge in [-0.3, -0.25) is 4.79 Å². The minimum atomic E-state index is -0.671. The number of benzene rings is 1. The molecule has 0 aliphatic carbocycles. The largest absolute Gasteiger partial charge is 0.506 e. The Morgan fingerprint density at radius 1 is 1.42 bits per heavy atom. The molecule has 2 rings (SSSR count). The number of methoxy groups -OCH3 is 1. The van der Waals surface area contributed by atoms with Crippen LogP contribution in [0.1, 0.15) is 16.7 Å². The third-order valence-corrected chi connectivity index (χ3v) is 4.03. The molecule has 1 aromatic heterocycles. The Morgan fingerprint density at radius 2 is 2.12 bits per heavy atom. The van der Waals surface area contributed by atoms with Crippen molar-refractivity contribution in [3.05, 3.63) is 38.2 Å². The lowest BCUT2D eigenvalue weighted by Gasteiger charge is -2.13. The number of halogens is 1. The Kier molecular flexibility index (Phi) is 5.82. The fourth-order valence-corrected chi connectivity index (χ4v) is 2.64. The fraction of sp³-hybridized carbons (Fsp3) is 0.375. The Balaban J connectivity index is 2.65. The van der Waals surface area contributed by atoms with Gasteiger partial charge in [0.05, 0.1) is 36.3 Å². The summed E-state index contributed by atoms with van der Waals surface area (Å²) in [5.41, 5.74) is 0.562. The van der Waals surface area contributed by atoms with Crippen molar-refractivity contribution < 1.29 is 24.2 Å². The van der Waals surface area contributed by atoms with Crippen molar-refractivity contribution in [3.8, 4) is 5.75 Å². The van der Waals surface area contributed by atoms with Crippen LogP contribution in [0.25, 0.3) is 11.0 Å². The SMILES string of the molecule is COC(=O)Cc1c(C)c2cc(Cl)c(O)c(CNCCO)c2oc1=O. The second-order valence-electron chi connectivity index (χ2n) is 5.21. The Bertz CT molecular complexity index is 830. The molecule has 0 bridgehead atoms. The molecule has 130 valence electrons. The Labute approximate surface area is 142 Å². The smallest absolute Gasteiger partial charge is 0.340 e. The van der Waals surface area contributed by atoms with E-state index in [9.17, 15) is 14.7 Å². The lowest BCUT2D eigenvalue weighted by Crippen LogP contribution is -2.19. The first-order valence-electron chi connectivity index (χ1n) is 7.25. The molecular formula is C16H18ClNO6. The van der Waals surface area contributed by atoms with Crippen molar-refractivity contribution in [2.45, 2.75) is 19.9 Å². The number of hydrogen-bond acceptors (Lipinski definition) is 7. The molecule has 1 aromatic carbocycles. The number of hydrogen-bond donors (Lipinski definition) is 3. The van der Waals surface area contributed by atoms with Crippen LogP contribution in [0.3, 0.4) is 0 Å². The highest BCUT2D eigenvalue weighted by Gasteiger charge is 2.20. The number of carbonyl (C=O) groups excluding carboxylic acids is 1. The van der Waals surface area contributed by atoms with Gasteiger partial charge in [0, 0.05) is 18.5 Å². The number of esters is 1. The molecule has 0 amide bonds. The topological polar surface area (TPSA) is 109 Å². The number of aryl methyl sites for hydroxylation is 1. The zero-order valence-corrected chi connectivity index (χ0v) is 14.1. The average Bonchev–Trinajstić information content (AvgIpc) is 2.56. The molecule has 0 saturated heterocycles. The van der Waals surface area contributed by atoms with Crippen LogP contribution in [0.4, 0.5) is 0 Å². The molecule has 0 unspecified atom stereocenters. The van der Waals surface area contributed by atoms with E-state index in [1.807, 2.05) is 0 Å². The molecule has 0 fully saturated rings. The molecule has 3 N–H and O–H groups in total. The van der Waals surface area contributed by atoms with Crippen molar-refractivity contribution in [2.24, 2.45) is 0 Å². The summed E-state index contributed by atoms with van der Waals surface area (Å²) >= 11 is 6.06. The minimum absolute atomic E-state index is 0.0779. The van der Waals surface area contributed by atoms with Crippen LogP contribution in [0.5, 0.6) is 5.75 Å². The van der Waals surface area contributed by atoms with Gasteiger partial charge in [0.2, 0.25) is 0 Å². The fourth-order valence-electron chi connectivity index (χ4n) is 2.42. The number of fused-ring (bicyclic) bond motifs is 1. The van der Waals surface area contributed by atoms with Gasteiger partial charge in [-0.2, -0.15) is 0 Å². The van der Waals surface area contributed by atoms with E-state index in [2.05, 4.69) is 10.1 Å². The lowest BCUT2D eigenvalue weighted by atomic mass is 10.0. The Hall–Kier alpha value is -2.09. The molecule has 2 aromatic rings. The Morgan fingerprint density at radius 3 is 2.75 bits per heavy atom. The highest BCUT2D eigenvalue weighted by atomic mass is 35.5. The summed E-state index contributed by atoms with van der Waals surface area (Å²) in [7, 11) is 1.24. The molecular weight excluding hydrogens is 338 g/mol. The summed E-state index contributed by atoms with van der Waals surface area (Å²) < 4.78 is 9.92. The number of nitrogens with one attached hydrogen (secondary N) is 1. The minimum Gasteiger partial charge on any atom is -0.506 e. The normalized spacial score (nSPS) is 11.0. The van der Waals surface area contributed by atoms with E-state index in [0.29, 0.717) is 23.1 Å². The van der Waals surface area contributed by atoms with Crippen LogP contribution < -0.4 is 10.9 Å². The predicted molar refractivity (Wildman–Crippen MR) is 88.4 cm³/mol. The van der Waals surface area contributed by atoms with E-state index in [1.165, 1.54) is 13.2 Å². The molecule has 0 saturated carbocycles. The summed E-state index contributed by atoms with van der Waals surface area (Å²) in [4.78, 5) is 23.7. The van der Waals surface area contributed by atoms with Gasteiger partial charge in [-0.05, 0) is 18.6 Å². The van der Waals surface area contributed by atoms with E-state index in [-0.39, 0.29) is 41.5 Å². The lowest BCUT2D eigenvalue weighted by molar-refractivity contribution is -0.139. The van der Waals surface area contributed by atoms with Crippen LogP contribution >= 0.6 is 11.6 Å². The highest BCUT2D eigenvalue weighted by molar-refractivity contribution is 6.33. The molecule has 8 heteroatoms. The number of ether oxygens (including phenoxy) is 1. The quantitative estimate of drug-likeness (QED) is 0.406. The van der Waals surface area contributed by atoms with Crippen LogP contribution in [-0.4, -0.2) is 36.4 Å². The van der Waals surface area contributed by atoms with E-state index < -0.39 is 11.6 Å². The van der Waals surface area contributed by atoms with Crippen LogP contribution in [0.15, 0.2) is 15.3 Å². The van der Waals surface area contributed by atoms with Crippen molar-refractivity contribution in [2.75, 3.05) is 20.3 Å². The standard InChI is InChI=1S/C16H18ClNO6/c1-8-9-5-12(17)14(21)11(7-18-3-4-19)15(9)24-16(22)10(8)6-13(20)23-2/h5,18-19,21H,3-4,6-7H2,1-2H3. The first-order chi connectivity index (χ1) is 11.4. The maximum absolute atomic E-state index is 12.2. The predicted octanol–water partition coefficient (Wildman–Crippen LogP) is 1.26. The zero-order chi connectivity index (χ0) is 17.9. The van der Waals surface area contributed by atoms with E-state index >= 15 is 0 Å². The molecule has 0 aliphatic rings. The third kappa shape index (κ3) is 3.53. The maximum Gasteiger partial charge on any atom is 0.340 e. The second-order valence-corrected chi connectivity index (χ2v) is 5.62. The molecule has 7 nitrogen and oxygen atoms in total. The summed E-state index contributed by atoms with van der Waals surface area (Å²) in [6, 6.07) is 1.49. The first kappa shape index (κ1) is 18.3. The van der Waals surface area contributed by atoms with Gasteiger partial charge in [-0.1, -0.05) is 11.6 Å². The average molecular weight is 356 g/mol. The van der Waals surface area contributed by atoms with Crippen molar-refractivity contribution in [1.82, 2.24) is 5.32 Å². The number of phenols is 1. The number of aliphatic hydroxyl groups is 1. The monoisotopic (exact) mass is 355 g/mol. The van der Waals surface area contributed by atoms with Crippen LogP contribution in [0.2, 0.25) is 5.02 Å². The van der Waals surface area contributed by atoms with Crippen LogP contribution in [0, 0.1) is 6.92 Å². The van der Waals surface area contributed by atoms with E-state index in [4.69, 9.17) is 21.1 Å². The van der Waals surface area contributed by atoms with E-state index in [0.717, 1.165) is 0 Å².